The van der Waals surface area contributed by atoms with E-state index in [4.69, 9.17) is 11.6 Å². The first-order valence-electron chi connectivity index (χ1n) is 6.07. The van der Waals surface area contributed by atoms with Crippen LogP contribution in [0.2, 0.25) is 5.02 Å². The molecule has 3 heteroatoms. The summed E-state index contributed by atoms with van der Waals surface area (Å²) in [5.74, 6) is 0.186. The molecule has 0 saturated heterocycles. The average molecular weight is 255 g/mol. The number of carbonyl (C=O) groups excluding carboxylic acids is 1. The van der Waals surface area contributed by atoms with Crippen LogP contribution in [0.4, 0.5) is 4.39 Å². The molecular weight excluding hydrogens is 239 g/mol. The number of carbonyl (C=O) groups is 1. The molecule has 0 N–H and O–H groups in total. The van der Waals surface area contributed by atoms with E-state index in [1.807, 2.05) is 0 Å². The van der Waals surface area contributed by atoms with E-state index < -0.39 is 5.82 Å². The molecule has 0 heterocycles. The normalized spacial score (nSPS) is 24.6. The van der Waals surface area contributed by atoms with Crippen molar-refractivity contribution in [2.24, 2.45) is 11.8 Å². The fraction of sp³-hybridized carbons (Fsp3) is 0.500. The lowest BCUT2D eigenvalue weighted by Crippen LogP contribution is -2.22. The predicted octanol–water partition coefficient (Wildman–Crippen LogP) is 4.49. The molecule has 0 spiro atoms. The molecule has 0 aliphatic heterocycles. The second-order valence-corrected chi connectivity index (χ2v) is 5.36. The summed E-state index contributed by atoms with van der Waals surface area (Å²) < 4.78 is 13.1. The van der Waals surface area contributed by atoms with Gasteiger partial charge in [0.1, 0.15) is 5.82 Å². The van der Waals surface area contributed by atoms with E-state index in [-0.39, 0.29) is 11.7 Å². The second kappa shape index (κ2) is 5.18. The lowest BCUT2D eigenvalue weighted by Gasteiger charge is -2.25. The van der Waals surface area contributed by atoms with E-state index in [0.29, 0.717) is 16.5 Å². The van der Waals surface area contributed by atoms with Crippen LogP contribution in [0.5, 0.6) is 0 Å². The largest absolute Gasteiger partial charge is 0.294 e. The summed E-state index contributed by atoms with van der Waals surface area (Å²) >= 11 is 5.96. The van der Waals surface area contributed by atoms with Crippen LogP contribution < -0.4 is 0 Å². The van der Waals surface area contributed by atoms with Gasteiger partial charge in [0, 0.05) is 11.5 Å². The Labute approximate surface area is 106 Å². The Bertz CT molecular complexity index is 430. The van der Waals surface area contributed by atoms with Gasteiger partial charge < -0.3 is 0 Å². The first-order valence-corrected chi connectivity index (χ1v) is 6.45. The third-order valence-electron chi connectivity index (χ3n) is 3.50. The number of Topliss-reactive ketones (excluding diaryl/α,β-unsaturated/α-hetero) is 1. The highest BCUT2D eigenvalue weighted by Gasteiger charge is 2.27. The van der Waals surface area contributed by atoms with Gasteiger partial charge in [-0.1, -0.05) is 31.4 Å². The van der Waals surface area contributed by atoms with E-state index in [1.54, 1.807) is 0 Å². The molecular formula is C14H16ClFO. The molecule has 0 radical (unpaired) electrons. The number of ketones is 1. The van der Waals surface area contributed by atoms with Gasteiger partial charge in [0.25, 0.3) is 0 Å². The highest BCUT2D eigenvalue weighted by Crippen LogP contribution is 2.32. The Morgan fingerprint density at radius 2 is 2.18 bits per heavy atom. The zero-order chi connectivity index (χ0) is 12.4. The molecule has 0 amide bonds. The summed E-state index contributed by atoms with van der Waals surface area (Å²) in [7, 11) is 0. The maximum atomic E-state index is 13.1. The van der Waals surface area contributed by atoms with Crippen LogP contribution in [0, 0.1) is 17.7 Å². The number of rotatable bonds is 2. The van der Waals surface area contributed by atoms with Gasteiger partial charge in [-0.3, -0.25) is 4.79 Å². The molecule has 1 aromatic rings. The number of hydrogen-bond donors (Lipinski definition) is 0. The van der Waals surface area contributed by atoms with Crippen molar-refractivity contribution in [3.8, 4) is 0 Å². The zero-order valence-corrected chi connectivity index (χ0v) is 10.6. The van der Waals surface area contributed by atoms with Gasteiger partial charge in [-0.25, -0.2) is 4.39 Å². The van der Waals surface area contributed by atoms with Crippen LogP contribution in [-0.2, 0) is 0 Å². The monoisotopic (exact) mass is 254 g/mol. The fourth-order valence-corrected chi connectivity index (χ4v) is 2.79. The molecule has 0 bridgehead atoms. The molecule has 1 aliphatic carbocycles. The van der Waals surface area contributed by atoms with Gasteiger partial charge >= 0.3 is 0 Å². The van der Waals surface area contributed by atoms with E-state index in [9.17, 15) is 9.18 Å². The molecule has 1 fully saturated rings. The van der Waals surface area contributed by atoms with Gasteiger partial charge in [-0.2, -0.15) is 0 Å². The fourth-order valence-electron chi connectivity index (χ4n) is 2.58. The summed E-state index contributed by atoms with van der Waals surface area (Å²) in [6.45, 7) is 2.16. The van der Waals surface area contributed by atoms with Crippen molar-refractivity contribution in [2.45, 2.75) is 32.6 Å². The van der Waals surface area contributed by atoms with Crippen molar-refractivity contribution in [1.82, 2.24) is 0 Å². The summed E-state index contributed by atoms with van der Waals surface area (Å²) in [5.41, 5.74) is 0.339. The molecule has 17 heavy (non-hydrogen) atoms. The van der Waals surface area contributed by atoms with E-state index in [0.717, 1.165) is 19.3 Å². The molecule has 0 aromatic heterocycles. The van der Waals surface area contributed by atoms with Crippen molar-refractivity contribution in [2.75, 3.05) is 0 Å². The van der Waals surface area contributed by atoms with Crippen LogP contribution in [0.15, 0.2) is 18.2 Å². The van der Waals surface area contributed by atoms with Crippen LogP contribution in [0.1, 0.15) is 43.0 Å². The highest BCUT2D eigenvalue weighted by atomic mass is 35.5. The third kappa shape index (κ3) is 2.86. The van der Waals surface area contributed by atoms with Crippen molar-refractivity contribution < 1.29 is 9.18 Å². The minimum atomic E-state index is -0.401. The minimum absolute atomic E-state index is 0.000972. The van der Waals surface area contributed by atoms with E-state index in [2.05, 4.69) is 6.92 Å². The van der Waals surface area contributed by atoms with Gasteiger partial charge in [0.2, 0.25) is 0 Å². The maximum Gasteiger partial charge on any atom is 0.167 e. The predicted molar refractivity (Wildman–Crippen MR) is 66.9 cm³/mol. The zero-order valence-electron chi connectivity index (χ0n) is 9.88. The second-order valence-electron chi connectivity index (χ2n) is 4.96. The first kappa shape index (κ1) is 12.6. The molecule has 2 atom stereocenters. The number of hydrogen-bond acceptors (Lipinski definition) is 1. The Kier molecular flexibility index (Phi) is 3.82. The molecule has 1 aliphatic rings. The van der Waals surface area contributed by atoms with Crippen LogP contribution in [-0.4, -0.2) is 5.78 Å². The third-order valence-corrected chi connectivity index (χ3v) is 3.83. The summed E-state index contributed by atoms with van der Waals surface area (Å²) in [6, 6.07) is 3.99. The maximum absolute atomic E-state index is 13.1. The smallest absolute Gasteiger partial charge is 0.167 e. The molecule has 92 valence electrons. The van der Waals surface area contributed by atoms with E-state index >= 15 is 0 Å². The Hall–Kier alpha value is -0.890. The van der Waals surface area contributed by atoms with Gasteiger partial charge in [0.15, 0.2) is 5.78 Å². The lowest BCUT2D eigenvalue weighted by molar-refractivity contribution is 0.0868. The summed E-state index contributed by atoms with van der Waals surface area (Å²) in [4.78, 5) is 12.3. The Morgan fingerprint density at radius 1 is 1.41 bits per heavy atom. The van der Waals surface area contributed by atoms with Crippen molar-refractivity contribution >= 4 is 17.4 Å². The SMILES string of the molecule is CC1CCCC(C(=O)c2cc(F)ccc2Cl)C1. The minimum Gasteiger partial charge on any atom is -0.294 e. The quantitative estimate of drug-likeness (QED) is 0.711. The van der Waals surface area contributed by atoms with Crippen molar-refractivity contribution in [3.05, 3.63) is 34.6 Å². The van der Waals surface area contributed by atoms with Crippen LogP contribution >= 0.6 is 11.6 Å². The highest BCUT2D eigenvalue weighted by molar-refractivity contribution is 6.34. The Balaban J connectivity index is 2.21. The molecule has 1 saturated carbocycles. The van der Waals surface area contributed by atoms with E-state index in [1.165, 1.54) is 24.6 Å². The van der Waals surface area contributed by atoms with Crippen molar-refractivity contribution in [1.29, 1.82) is 0 Å². The van der Waals surface area contributed by atoms with Crippen molar-refractivity contribution in [3.63, 3.8) is 0 Å². The summed E-state index contributed by atoms with van der Waals surface area (Å²) in [5, 5.41) is 0.356. The van der Waals surface area contributed by atoms with Gasteiger partial charge in [-0.05, 0) is 37.0 Å². The first-order chi connectivity index (χ1) is 8.08. The molecule has 1 nitrogen and oxygen atoms in total. The number of halogens is 2. The van der Waals surface area contributed by atoms with Crippen LogP contribution in [0.25, 0.3) is 0 Å². The summed E-state index contributed by atoms with van der Waals surface area (Å²) in [6.07, 6.45) is 4.05. The molecule has 2 unspecified atom stereocenters. The average Bonchev–Trinajstić information content (AvgIpc) is 2.31. The Morgan fingerprint density at radius 3 is 2.88 bits per heavy atom. The topological polar surface area (TPSA) is 17.1 Å². The van der Waals surface area contributed by atoms with Crippen LogP contribution in [0.3, 0.4) is 0 Å². The molecule has 2 rings (SSSR count). The lowest BCUT2D eigenvalue weighted by atomic mass is 9.79. The standard InChI is InChI=1S/C14H16ClFO/c1-9-3-2-4-10(7-9)14(17)12-8-11(16)5-6-13(12)15/h5-6,8-10H,2-4,7H2,1H3. The number of benzene rings is 1. The van der Waals surface area contributed by atoms with Gasteiger partial charge in [0.05, 0.1) is 5.02 Å². The van der Waals surface area contributed by atoms with Gasteiger partial charge in [-0.15, -0.1) is 0 Å². The molecule has 1 aromatic carbocycles.